The lowest BCUT2D eigenvalue weighted by Crippen LogP contribution is -2.28. The fourth-order valence-corrected chi connectivity index (χ4v) is 2.24. The Morgan fingerprint density at radius 2 is 2.14 bits per heavy atom. The molecule has 2 aliphatic rings. The predicted octanol–water partition coefficient (Wildman–Crippen LogP) is 1.75. The second-order valence-electron chi connectivity index (χ2n) is 4.54. The third kappa shape index (κ3) is 1.57. The summed E-state index contributed by atoms with van der Waals surface area (Å²) in [4.78, 5) is 7.96. The van der Waals surface area contributed by atoms with E-state index in [0.29, 0.717) is 5.92 Å². The van der Waals surface area contributed by atoms with E-state index in [2.05, 4.69) is 15.3 Å². The van der Waals surface area contributed by atoms with Crippen LogP contribution in [-0.4, -0.2) is 23.1 Å². The molecule has 1 saturated carbocycles. The van der Waals surface area contributed by atoms with E-state index in [1.807, 2.05) is 6.20 Å². The molecule has 0 amide bonds. The maximum Gasteiger partial charge on any atom is 0.109 e. The average Bonchev–Trinajstić information content (AvgIpc) is 2.98. The van der Waals surface area contributed by atoms with E-state index in [4.69, 9.17) is 0 Å². The van der Waals surface area contributed by atoms with E-state index in [-0.39, 0.29) is 0 Å². The molecule has 2 N–H and O–H groups in total. The molecule has 1 aromatic rings. The van der Waals surface area contributed by atoms with Crippen LogP contribution in [0.15, 0.2) is 6.20 Å². The van der Waals surface area contributed by atoms with Crippen molar-refractivity contribution in [1.29, 1.82) is 0 Å². The fraction of sp³-hybridized carbons (Fsp3) is 0.727. The molecule has 76 valence electrons. The lowest BCUT2D eigenvalue weighted by Gasteiger charge is -2.21. The van der Waals surface area contributed by atoms with Crippen LogP contribution in [0.4, 0.5) is 0 Å². The van der Waals surface area contributed by atoms with Crippen LogP contribution < -0.4 is 5.32 Å². The first-order chi connectivity index (χ1) is 6.93. The minimum Gasteiger partial charge on any atom is -0.345 e. The Morgan fingerprint density at radius 3 is 2.86 bits per heavy atom. The van der Waals surface area contributed by atoms with Gasteiger partial charge in [-0.05, 0) is 32.2 Å². The first kappa shape index (κ1) is 8.48. The van der Waals surface area contributed by atoms with Crippen LogP contribution in [-0.2, 0) is 0 Å². The molecule has 0 aromatic carbocycles. The fourth-order valence-electron chi connectivity index (χ4n) is 2.24. The van der Waals surface area contributed by atoms with Crippen LogP contribution in [0.2, 0.25) is 0 Å². The number of hydrogen-bond donors (Lipinski definition) is 2. The zero-order valence-corrected chi connectivity index (χ0v) is 8.42. The maximum absolute atomic E-state index is 4.47. The molecule has 3 heteroatoms. The summed E-state index contributed by atoms with van der Waals surface area (Å²) in [7, 11) is 0. The van der Waals surface area contributed by atoms with E-state index in [1.165, 1.54) is 43.7 Å². The molecular weight excluding hydrogens is 174 g/mol. The number of nitrogens with zero attached hydrogens (tertiary/aromatic N) is 1. The van der Waals surface area contributed by atoms with E-state index in [9.17, 15) is 0 Å². The van der Waals surface area contributed by atoms with Gasteiger partial charge in [0.1, 0.15) is 5.82 Å². The van der Waals surface area contributed by atoms with Gasteiger partial charge < -0.3 is 10.3 Å². The van der Waals surface area contributed by atoms with Gasteiger partial charge in [0.15, 0.2) is 0 Å². The second kappa shape index (κ2) is 3.39. The highest BCUT2D eigenvalue weighted by molar-refractivity contribution is 5.14. The summed E-state index contributed by atoms with van der Waals surface area (Å²) in [6, 6.07) is 0. The molecule has 1 unspecified atom stereocenters. The Labute approximate surface area is 84.3 Å². The quantitative estimate of drug-likeness (QED) is 0.747. The third-order valence-electron chi connectivity index (χ3n) is 3.32. The largest absolute Gasteiger partial charge is 0.345 e. The van der Waals surface area contributed by atoms with Gasteiger partial charge in [-0.3, -0.25) is 0 Å². The molecule has 3 rings (SSSR count). The van der Waals surface area contributed by atoms with Gasteiger partial charge >= 0.3 is 0 Å². The van der Waals surface area contributed by atoms with Crippen molar-refractivity contribution < 1.29 is 0 Å². The molecule has 0 bridgehead atoms. The number of piperidine rings is 1. The van der Waals surface area contributed by atoms with Crippen LogP contribution in [0.1, 0.15) is 49.0 Å². The van der Waals surface area contributed by atoms with Gasteiger partial charge in [-0.25, -0.2) is 4.98 Å². The number of rotatable bonds is 2. The SMILES string of the molecule is c1nc(C2CC2)[nH]c1C1CCCNC1. The van der Waals surface area contributed by atoms with Gasteiger partial charge in [0, 0.05) is 30.3 Å². The Morgan fingerprint density at radius 1 is 1.21 bits per heavy atom. The van der Waals surface area contributed by atoms with Crippen LogP contribution in [0.3, 0.4) is 0 Å². The Bertz CT molecular complexity index is 308. The van der Waals surface area contributed by atoms with Crippen molar-refractivity contribution in [3.8, 4) is 0 Å². The van der Waals surface area contributed by atoms with Gasteiger partial charge in [-0.2, -0.15) is 0 Å². The topological polar surface area (TPSA) is 40.7 Å². The van der Waals surface area contributed by atoms with E-state index < -0.39 is 0 Å². The molecule has 1 aliphatic heterocycles. The van der Waals surface area contributed by atoms with Crippen LogP contribution in [0, 0.1) is 0 Å². The number of aromatic amines is 1. The van der Waals surface area contributed by atoms with Crippen molar-refractivity contribution in [3.63, 3.8) is 0 Å². The van der Waals surface area contributed by atoms with Gasteiger partial charge in [-0.1, -0.05) is 0 Å². The summed E-state index contributed by atoms with van der Waals surface area (Å²) in [5, 5.41) is 3.44. The molecule has 1 aliphatic carbocycles. The standard InChI is InChI=1S/C11H17N3/c1-2-9(6-12-5-1)10-7-13-11(14-10)8-3-4-8/h7-9,12H,1-6H2,(H,13,14). The molecule has 1 atom stereocenters. The lowest BCUT2D eigenvalue weighted by molar-refractivity contribution is 0.455. The van der Waals surface area contributed by atoms with Crippen LogP contribution in [0.5, 0.6) is 0 Å². The number of H-pyrrole nitrogens is 1. The maximum atomic E-state index is 4.47. The Kier molecular flexibility index (Phi) is 2.05. The highest BCUT2D eigenvalue weighted by Gasteiger charge is 2.27. The summed E-state index contributed by atoms with van der Waals surface area (Å²) in [5.74, 6) is 2.65. The Hall–Kier alpha value is -0.830. The summed E-state index contributed by atoms with van der Waals surface area (Å²) < 4.78 is 0. The molecule has 2 heterocycles. The van der Waals surface area contributed by atoms with E-state index >= 15 is 0 Å². The second-order valence-corrected chi connectivity index (χ2v) is 4.54. The van der Waals surface area contributed by atoms with Crippen molar-refractivity contribution >= 4 is 0 Å². The highest BCUT2D eigenvalue weighted by atomic mass is 15.0. The number of aromatic nitrogens is 2. The van der Waals surface area contributed by atoms with Crippen molar-refractivity contribution in [1.82, 2.24) is 15.3 Å². The van der Waals surface area contributed by atoms with Crippen molar-refractivity contribution in [2.24, 2.45) is 0 Å². The van der Waals surface area contributed by atoms with Crippen molar-refractivity contribution in [3.05, 3.63) is 17.7 Å². The molecule has 1 saturated heterocycles. The average molecular weight is 191 g/mol. The van der Waals surface area contributed by atoms with Gasteiger partial charge in [0.05, 0.1) is 0 Å². The van der Waals surface area contributed by atoms with Gasteiger partial charge in [0.2, 0.25) is 0 Å². The normalized spacial score (nSPS) is 27.9. The lowest BCUT2D eigenvalue weighted by atomic mass is 9.97. The molecule has 0 spiro atoms. The molecule has 0 radical (unpaired) electrons. The zero-order valence-electron chi connectivity index (χ0n) is 8.42. The van der Waals surface area contributed by atoms with Gasteiger partial charge in [-0.15, -0.1) is 0 Å². The van der Waals surface area contributed by atoms with Crippen LogP contribution >= 0.6 is 0 Å². The van der Waals surface area contributed by atoms with E-state index in [1.54, 1.807) is 0 Å². The van der Waals surface area contributed by atoms with E-state index in [0.717, 1.165) is 12.5 Å². The van der Waals surface area contributed by atoms with Crippen molar-refractivity contribution in [2.75, 3.05) is 13.1 Å². The molecule has 14 heavy (non-hydrogen) atoms. The van der Waals surface area contributed by atoms with Crippen LogP contribution in [0.25, 0.3) is 0 Å². The molecule has 2 fully saturated rings. The summed E-state index contributed by atoms with van der Waals surface area (Å²) in [5.41, 5.74) is 1.35. The third-order valence-corrected chi connectivity index (χ3v) is 3.32. The summed E-state index contributed by atoms with van der Waals surface area (Å²) >= 11 is 0. The summed E-state index contributed by atoms with van der Waals surface area (Å²) in [6.45, 7) is 2.30. The van der Waals surface area contributed by atoms with Crippen molar-refractivity contribution in [2.45, 2.75) is 37.5 Å². The monoisotopic (exact) mass is 191 g/mol. The number of imidazole rings is 1. The first-order valence-electron chi connectivity index (χ1n) is 5.69. The predicted molar refractivity (Wildman–Crippen MR) is 55.4 cm³/mol. The Balaban J connectivity index is 1.74. The smallest absolute Gasteiger partial charge is 0.109 e. The minimum absolute atomic E-state index is 0.670. The first-order valence-corrected chi connectivity index (χ1v) is 5.69. The summed E-state index contributed by atoms with van der Waals surface area (Å²) in [6.07, 6.45) is 7.30. The zero-order chi connectivity index (χ0) is 9.38. The number of nitrogens with one attached hydrogen (secondary N) is 2. The number of hydrogen-bond acceptors (Lipinski definition) is 2. The molecule has 3 nitrogen and oxygen atoms in total. The minimum atomic E-state index is 0.670. The highest BCUT2D eigenvalue weighted by Crippen LogP contribution is 2.38. The van der Waals surface area contributed by atoms with Gasteiger partial charge in [0.25, 0.3) is 0 Å². The molecular formula is C11H17N3. The molecule has 1 aromatic heterocycles.